The van der Waals surface area contributed by atoms with E-state index in [2.05, 4.69) is 15.5 Å². The molecular formula is C24H25FN4O3. The first kappa shape index (κ1) is 21.7. The van der Waals surface area contributed by atoms with Crippen LogP contribution in [0.25, 0.3) is 17.0 Å². The summed E-state index contributed by atoms with van der Waals surface area (Å²) in [5, 5.41) is 7.15. The predicted octanol–water partition coefficient (Wildman–Crippen LogP) is 4.80. The highest BCUT2D eigenvalue weighted by Crippen LogP contribution is 2.37. The van der Waals surface area contributed by atoms with Gasteiger partial charge < -0.3 is 14.6 Å². The molecular weight excluding hydrogens is 411 g/mol. The van der Waals surface area contributed by atoms with Crippen molar-refractivity contribution in [1.29, 1.82) is 0 Å². The van der Waals surface area contributed by atoms with E-state index >= 15 is 0 Å². The third kappa shape index (κ3) is 4.55. The van der Waals surface area contributed by atoms with E-state index in [0.717, 1.165) is 11.1 Å². The molecule has 1 N–H and O–H groups in total. The molecule has 2 heterocycles. The SMILES string of the molecule is CCOCCCN1C(=O)NC(c2ccc(F)cc2)C(c2nc(-c3ccccc3)no2)=C1C. The maximum absolute atomic E-state index is 13.5. The van der Waals surface area contributed by atoms with Crippen LogP contribution < -0.4 is 5.32 Å². The van der Waals surface area contributed by atoms with Gasteiger partial charge in [0.2, 0.25) is 5.82 Å². The number of nitrogens with one attached hydrogen (secondary N) is 1. The molecule has 166 valence electrons. The molecule has 4 rings (SSSR count). The molecule has 1 aliphatic heterocycles. The number of carbonyl (C=O) groups is 1. The summed E-state index contributed by atoms with van der Waals surface area (Å²) in [7, 11) is 0. The van der Waals surface area contributed by atoms with E-state index in [0.29, 0.717) is 49.2 Å². The minimum atomic E-state index is -0.546. The Morgan fingerprint density at radius 3 is 2.62 bits per heavy atom. The second-order valence-electron chi connectivity index (χ2n) is 7.42. The summed E-state index contributed by atoms with van der Waals surface area (Å²) in [5.74, 6) is 0.420. The van der Waals surface area contributed by atoms with Gasteiger partial charge >= 0.3 is 6.03 Å². The van der Waals surface area contributed by atoms with Crippen LogP contribution in [0.15, 0.2) is 64.8 Å². The highest BCUT2D eigenvalue weighted by molar-refractivity contribution is 5.86. The number of halogens is 1. The normalized spacial score (nSPS) is 16.4. The summed E-state index contributed by atoms with van der Waals surface area (Å²) in [5.41, 5.74) is 2.94. The van der Waals surface area contributed by atoms with E-state index in [1.165, 1.54) is 12.1 Å². The maximum Gasteiger partial charge on any atom is 0.322 e. The summed E-state index contributed by atoms with van der Waals surface area (Å²) in [6, 6.07) is 14.8. The summed E-state index contributed by atoms with van der Waals surface area (Å²) >= 11 is 0. The molecule has 3 aromatic rings. The van der Waals surface area contributed by atoms with Gasteiger partial charge in [0.15, 0.2) is 0 Å². The van der Waals surface area contributed by atoms with Gasteiger partial charge in [-0.05, 0) is 38.0 Å². The van der Waals surface area contributed by atoms with Gasteiger partial charge in [-0.3, -0.25) is 4.90 Å². The van der Waals surface area contributed by atoms with Crippen molar-refractivity contribution in [2.24, 2.45) is 0 Å². The fourth-order valence-corrected chi connectivity index (χ4v) is 3.74. The monoisotopic (exact) mass is 436 g/mol. The number of rotatable bonds is 8. The zero-order valence-electron chi connectivity index (χ0n) is 18.0. The van der Waals surface area contributed by atoms with E-state index in [1.54, 1.807) is 17.0 Å². The highest BCUT2D eigenvalue weighted by Gasteiger charge is 2.35. The van der Waals surface area contributed by atoms with E-state index < -0.39 is 6.04 Å². The van der Waals surface area contributed by atoms with Crippen molar-refractivity contribution in [2.45, 2.75) is 26.3 Å². The Morgan fingerprint density at radius 2 is 1.91 bits per heavy atom. The predicted molar refractivity (Wildman–Crippen MR) is 118 cm³/mol. The van der Waals surface area contributed by atoms with Crippen molar-refractivity contribution in [3.05, 3.63) is 77.6 Å². The van der Waals surface area contributed by atoms with Crippen LogP contribution in [-0.4, -0.2) is 40.8 Å². The topological polar surface area (TPSA) is 80.5 Å². The Labute approximate surface area is 185 Å². The van der Waals surface area contributed by atoms with Crippen LogP contribution in [0.1, 0.15) is 37.8 Å². The quantitative estimate of drug-likeness (QED) is 0.513. The van der Waals surface area contributed by atoms with Gasteiger partial charge in [0, 0.05) is 31.0 Å². The zero-order chi connectivity index (χ0) is 22.5. The second-order valence-corrected chi connectivity index (χ2v) is 7.42. The van der Waals surface area contributed by atoms with Gasteiger partial charge in [0.1, 0.15) is 5.82 Å². The molecule has 0 radical (unpaired) electrons. The van der Waals surface area contributed by atoms with Crippen LogP contribution >= 0.6 is 0 Å². The molecule has 32 heavy (non-hydrogen) atoms. The molecule has 0 saturated heterocycles. The van der Waals surface area contributed by atoms with Crippen LogP contribution in [0.3, 0.4) is 0 Å². The average molecular weight is 436 g/mol. The molecule has 2 aromatic carbocycles. The van der Waals surface area contributed by atoms with Crippen LogP contribution in [-0.2, 0) is 4.74 Å². The molecule has 0 fully saturated rings. The lowest BCUT2D eigenvalue weighted by Gasteiger charge is -2.35. The van der Waals surface area contributed by atoms with Crippen molar-refractivity contribution in [3.8, 4) is 11.4 Å². The van der Waals surface area contributed by atoms with Crippen molar-refractivity contribution < 1.29 is 18.4 Å². The van der Waals surface area contributed by atoms with Gasteiger partial charge in [-0.15, -0.1) is 0 Å². The van der Waals surface area contributed by atoms with Crippen LogP contribution in [0.2, 0.25) is 0 Å². The third-order valence-electron chi connectivity index (χ3n) is 5.36. The molecule has 2 amide bonds. The molecule has 1 aliphatic rings. The van der Waals surface area contributed by atoms with Gasteiger partial charge in [0.25, 0.3) is 5.89 Å². The fourth-order valence-electron chi connectivity index (χ4n) is 3.74. The Hall–Kier alpha value is -3.52. The van der Waals surface area contributed by atoms with Crippen molar-refractivity contribution >= 4 is 11.6 Å². The van der Waals surface area contributed by atoms with E-state index in [1.807, 2.05) is 44.2 Å². The molecule has 0 saturated carbocycles. The van der Waals surface area contributed by atoms with Crippen LogP contribution in [0, 0.1) is 5.82 Å². The number of hydrogen-bond acceptors (Lipinski definition) is 5. The second kappa shape index (κ2) is 9.74. The van der Waals surface area contributed by atoms with Crippen molar-refractivity contribution in [2.75, 3.05) is 19.8 Å². The van der Waals surface area contributed by atoms with Gasteiger partial charge in [-0.1, -0.05) is 47.6 Å². The lowest BCUT2D eigenvalue weighted by atomic mass is 9.94. The fraction of sp³-hybridized carbons (Fsp3) is 0.292. The molecule has 0 aliphatic carbocycles. The average Bonchev–Trinajstić information content (AvgIpc) is 3.29. The largest absolute Gasteiger partial charge is 0.382 e. The lowest BCUT2D eigenvalue weighted by Crippen LogP contribution is -2.46. The Balaban J connectivity index is 1.73. The number of benzene rings is 2. The Morgan fingerprint density at radius 1 is 1.16 bits per heavy atom. The number of ether oxygens (including phenoxy) is 1. The first-order chi connectivity index (χ1) is 15.6. The first-order valence-corrected chi connectivity index (χ1v) is 10.6. The molecule has 8 heteroatoms. The first-order valence-electron chi connectivity index (χ1n) is 10.6. The van der Waals surface area contributed by atoms with Crippen molar-refractivity contribution in [3.63, 3.8) is 0 Å². The van der Waals surface area contributed by atoms with Crippen molar-refractivity contribution in [1.82, 2.24) is 20.4 Å². The van der Waals surface area contributed by atoms with Crippen LogP contribution in [0.5, 0.6) is 0 Å². The number of amides is 2. The minimum Gasteiger partial charge on any atom is -0.382 e. The number of hydrogen-bond donors (Lipinski definition) is 1. The highest BCUT2D eigenvalue weighted by atomic mass is 19.1. The van der Waals surface area contributed by atoms with Crippen LogP contribution in [0.4, 0.5) is 9.18 Å². The number of aromatic nitrogens is 2. The summed E-state index contributed by atoms with van der Waals surface area (Å²) in [6.45, 7) is 5.46. The maximum atomic E-state index is 13.5. The van der Waals surface area contributed by atoms with E-state index in [-0.39, 0.29) is 11.8 Å². The lowest BCUT2D eigenvalue weighted by molar-refractivity contribution is 0.136. The van der Waals surface area contributed by atoms with Gasteiger partial charge in [-0.25, -0.2) is 9.18 Å². The summed E-state index contributed by atoms with van der Waals surface area (Å²) in [6.07, 6.45) is 0.687. The summed E-state index contributed by atoms with van der Waals surface area (Å²) < 4.78 is 24.6. The number of nitrogens with zero attached hydrogens (tertiary/aromatic N) is 3. The van der Waals surface area contributed by atoms with Gasteiger partial charge in [0.05, 0.1) is 11.6 Å². The smallest absolute Gasteiger partial charge is 0.322 e. The van der Waals surface area contributed by atoms with E-state index in [9.17, 15) is 9.18 Å². The number of allylic oxidation sites excluding steroid dienone is 1. The molecule has 1 atom stereocenters. The molecule has 0 spiro atoms. The number of carbonyl (C=O) groups excluding carboxylic acids is 1. The van der Waals surface area contributed by atoms with E-state index in [4.69, 9.17) is 9.26 Å². The molecule has 1 aromatic heterocycles. The summed E-state index contributed by atoms with van der Waals surface area (Å²) in [4.78, 5) is 19.2. The Kier molecular flexibility index (Phi) is 6.61. The molecule has 7 nitrogen and oxygen atoms in total. The zero-order valence-corrected chi connectivity index (χ0v) is 18.0. The molecule has 0 bridgehead atoms. The van der Waals surface area contributed by atoms with Gasteiger partial charge in [-0.2, -0.15) is 4.98 Å². The third-order valence-corrected chi connectivity index (χ3v) is 5.36. The minimum absolute atomic E-state index is 0.236. The Bertz CT molecular complexity index is 1100. The standard InChI is InChI=1S/C24H25FN4O3/c1-3-31-15-7-14-29-16(2)20(21(26-24(29)30)17-10-12-19(25)13-11-17)23-27-22(28-32-23)18-8-5-4-6-9-18/h4-6,8-13,21H,3,7,14-15H2,1-2H3,(H,26,30). The molecule has 1 unspecified atom stereocenters. The number of urea groups is 1.